The van der Waals surface area contributed by atoms with Crippen LogP contribution in [-0.2, 0) is 17.8 Å². The Morgan fingerprint density at radius 3 is 2.83 bits per heavy atom. The number of amides is 1. The molecule has 0 aliphatic rings. The molecule has 0 atom stereocenters. The first kappa shape index (κ1) is 16.5. The van der Waals surface area contributed by atoms with Gasteiger partial charge in [0.2, 0.25) is 5.91 Å². The lowest BCUT2D eigenvalue weighted by molar-refractivity contribution is -0.120. The Morgan fingerprint density at radius 1 is 1.25 bits per heavy atom. The SMILES string of the molecule is Cc1nc2ccccc2n1CCNC(=O)Cc1c(F)cccc1Cl. The number of imidazole rings is 1. The van der Waals surface area contributed by atoms with E-state index < -0.39 is 5.82 Å². The first-order chi connectivity index (χ1) is 11.6. The van der Waals surface area contributed by atoms with Gasteiger partial charge in [0, 0.05) is 23.7 Å². The molecular formula is C18H17ClFN3O. The molecular weight excluding hydrogens is 329 g/mol. The van der Waals surface area contributed by atoms with Gasteiger partial charge in [-0.1, -0.05) is 29.8 Å². The predicted molar refractivity (Wildman–Crippen MR) is 92.6 cm³/mol. The quantitative estimate of drug-likeness (QED) is 0.769. The second-order valence-corrected chi connectivity index (χ2v) is 5.93. The summed E-state index contributed by atoms with van der Waals surface area (Å²) >= 11 is 5.94. The van der Waals surface area contributed by atoms with Crippen molar-refractivity contribution in [1.82, 2.24) is 14.9 Å². The van der Waals surface area contributed by atoms with Gasteiger partial charge in [-0.3, -0.25) is 4.79 Å². The van der Waals surface area contributed by atoms with Crippen molar-refractivity contribution in [1.29, 1.82) is 0 Å². The average molecular weight is 346 g/mol. The van der Waals surface area contributed by atoms with Crippen LogP contribution in [0.1, 0.15) is 11.4 Å². The minimum absolute atomic E-state index is 0.0742. The number of rotatable bonds is 5. The van der Waals surface area contributed by atoms with Crippen LogP contribution in [0.3, 0.4) is 0 Å². The Hall–Kier alpha value is -2.40. The van der Waals surface area contributed by atoms with Crippen LogP contribution in [0.2, 0.25) is 5.02 Å². The van der Waals surface area contributed by atoms with Gasteiger partial charge in [-0.2, -0.15) is 0 Å². The fourth-order valence-electron chi connectivity index (χ4n) is 2.71. The molecule has 0 saturated carbocycles. The van der Waals surface area contributed by atoms with Crippen molar-refractivity contribution in [2.75, 3.05) is 6.54 Å². The molecule has 2 aromatic carbocycles. The Kier molecular flexibility index (Phi) is 4.81. The number of nitrogens with one attached hydrogen (secondary N) is 1. The molecule has 4 nitrogen and oxygen atoms in total. The molecule has 0 spiro atoms. The number of halogens is 2. The van der Waals surface area contributed by atoms with E-state index in [-0.39, 0.29) is 22.9 Å². The van der Waals surface area contributed by atoms with Crippen LogP contribution in [0.25, 0.3) is 11.0 Å². The highest BCUT2D eigenvalue weighted by Gasteiger charge is 2.12. The molecule has 0 saturated heterocycles. The summed E-state index contributed by atoms with van der Waals surface area (Å²) in [4.78, 5) is 16.5. The molecule has 1 amide bonds. The number of fused-ring (bicyclic) bond motifs is 1. The zero-order valence-electron chi connectivity index (χ0n) is 13.2. The van der Waals surface area contributed by atoms with E-state index in [0.717, 1.165) is 16.9 Å². The normalized spacial score (nSPS) is 11.0. The van der Waals surface area contributed by atoms with Gasteiger partial charge >= 0.3 is 0 Å². The molecule has 124 valence electrons. The van der Waals surface area contributed by atoms with Gasteiger partial charge in [-0.25, -0.2) is 9.37 Å². The molecule has 3 rings (SSSR count). The van der Waals surface area contributed by atoms with E-state index in [0.29, 0.717) is 13.1 Å². The van der Waals surface area contributed by atoms with Crippen LogP contribution >= 0.6 is 11.6 Å². The van der Waals surface area contributed by atoms with Gasteiger partial charge in [0.15, 0.2) is 0 Å². The maximum atomic E-state index is 13.7. The van der Waals surface area contributed by atoms with Crippen LogP contribution in [0.5, 0.6) is 0 Å². The monoisotopic (exact) mass is 345 g/mol. The molecule has 3 aromatic rings. The second kappa shape index (κ2) is 7.01. The summed E-state index contributed by atoms with van der Waals surface area (Å²) in [5, 5.41) is 3.07. The van der Waals surface area contributed by atoms with Crippen LogP contribution in [0.15, 0.2) is 42.5 Å². The fourth-order valence-corrected chi connectivity index (χ4v) is 2.94. The maximum absolute atomic E-state index is 13.7. The summed E-state index contributed by atoms with van der Waals surface area (Å²) < 4.78 is 15.8. The molecule has 0 aliphatic carbocycles. The van der Waals surface area contributed by atoms with Crippen LogP contribution < -0.4 is 5.32 Å². The highest BCUT2D eigenvalue weighted by Crippen LogP contribution is 2.19. The van der Waals surface area contributed by atoms with E-state index >= 15 is 0 Å². The Bertz CT molecular complexity index is 871. The number of aromatic nitrogens is 2. The highest BCUT2D eigenvalue weighted by molar-refractivity contribution is 6.31. The number of carbonyl (C=O) groups is 1. The minimum Gasteiger partial charge on any atom is -0.354 e. The zero-order chi connectivity index (χ0) is 17.1. The number of para-hydroxylation sites is 2. The van der Waals surface area contributed by atoms with Gasteiger partial charge in [0.05, 0.1) is 17.5 Å². The number of nitrogens with zero attached hydrogens (tertiary/aromatic N) is 2. The van der Waals surface area contributed by atoms with Crippen molar-refractivity contribution in [3.05, 3.63) is 64.7 Å². The Balaban J connectivity index is 1.62. The maximum Gasteiger partial charge on any atom is 0.224 e. The number of carbonyl (C=O) groups excluding carboxylic acids is 1. The van der Waals surface area contributed by atoms with Gasteiger partial charge in [-0.05, 0) is 31.2 Å². The van der Waals surface area contributed by atoms with E-state index in [2.05, 4.69) is 10.3 Å². The van der Waals surface area contributed by atoms with Crippen molar-refractivity contribution >= 4 is 28.5 Å². The molecule has 0 fully saturated rings. The Morgan fingerprint density at radius 2 is 2.04 bits per heavy atom. The van der Waals surface area contributed by atoms with E-state index in [9.17, 15) is 9.18 Å². The van der Waals surface area contributed by atoms with Gasteiger partial charge in [0.25, 0.3) is 0 Å². The van der Waals surface area contributed by atoms with Gasteiger partial charge < -0.3 is 9.88 Å². The summed E-state index contributed by atoms with van der Waals surface area (Å²) in [6.07, 6.45) is -0.0742. The lowest BCUT2D eigenvalue weighted by Crippen LogP contribution is -2.29. The van der Waals surface area contributed by atoms with E-state index in [1.54, 1.807) is 6.07 Å². The standard InChI is InChI=1S/C18H17ClFN3O/c1-12-22-16-7-2-3-8-17(16)23(12)10-9-21-18(24)11-13-14(19)5-4-6-15(13)20/h2-8H,9-11H2,1H3,(H,21,24). The third-order valence-corrected chi connectivity index (χ3v) is 4.26. The lowest BCUT2D eigenvalue weighted by Gasteiger charge is -2.10. The Labute approximate surface area is 144 Å². The number of benzene rings is 2. The molecule has 0 unspecified atom stereocenters. The fraction of sp³-hybridized carbons (Fsp3) is 0.222. The minimum atomic E-state index is -0.464. The van der Waals surface area contributed by atoms with Gasteiger partial charge in [0.1, 0.15) is 11.6 Å². The summed E-state index contributed by atoms with van der Waals surface area (Å²) in [5.74, 6) is 0.167. The number of hydrogen-bond donors (Lipinski definition) is 1. The van der Waals surface area contributed by atoms with Crippen molar-refractivity contribution in [3.63, 3.8) is 0 Å². The molecule has 24 heavy (non-hydrogen) atoms. The zero-order valence-corrected chi connectivity index (χ0v) is 14.0. The molecule has 1 heterocycles. The van der Waals surface area contributed by atoms with Crippen molar-refractivity contribution < 1.29 is 9.18 Å². The average Bonchev–Trinajstić information content (AvgIpc) is 2.87. The van der Waals surface area contributed by atoms with E-state index in [1.165, 1.54) is 12.1 Å². The number of aryl methyl sites for hydroxylation is 1. The van der Waals surface area contributed by atoms with E-state index in [1.807, 2.05) is 35.8 Å². The molecule has 0 aliphatic heterocycles. The van der Waals surface area contributed by atoms with Crippen LogP contribution in [0.4, 0.5) is 4.39 Å². The topological polar surface area (TPSA) is 46.9 Å². The van der Waals surface area contributed by atoms with Crippen molar-refractivity contribution in [2.24, 2.45) is 0 Å². The van der Waals surface area contributed by atoms with Crippen LogP contribution in [-0.4, -0.2) is 22.0 Å². The predicted octanol–water partition coefficient (Wildman–Crippen LogP) is 3.50. The lowest BCUT2D eigenvalue weighted by atomic mass is 10.1. The molecule has 6 heteroatoms. The van der Waals surface area contributed by atoms with E-state index in [4.69, 9.17) is 11.6 Å². The third-order valence-electron chi connectivity index (χ3n) is 3.90. The first-order valence-corrected chi connectivity index (χ1v) is 8.05. The second-order valence-electron chi connectivity index (χ2n) is 5.53. The molecule has 0 bridgehead atoms. The van der Waals surface area contributed by atoms with Gasteiger partial charge in [-0.15, -0.1) is 0 Å². The van der Waals surface area contributed by atoms with Crippen molar-refractivity contribution in [2.45, 2.75) is 19.9 Å². The summed E-state index contributed by atoms with van der Waals surface area (Å²) in [7, 11) is 0. The summed E-state index contributed by atoms with van der Waals surface area (Å²) in [6.45, 7) is 2.97. The van der Waals surface area contributed by atoms with Crippen molar-refractivity contribution in [3.8, 4) is 0 Å². The first-order valence-electron chi connectivity index (χ1n) is 7.67. The summed E-state index contributed by atoms with van der Waals surface area (Å²) in [5.41, 5.74) is 2.18. The smallest absolute Gasteiger partial charge is 0.224 e. The number of hydrogen-bond acceptors (Lipinski definition) is 2. The summed E-state index contributed by atoms with van der Waals surface area (Å²) in [6, 6.07) is 12.3. The third kappa shape index (κ3) is 3.41. The largest absolute Gasteiger partial charge is 0.354 e. The molecule has 0 radical (unpaired) electrons. The van der Waals surface area contributed by atoms with Crippen LogP contribution in [0, 0.1) is 12.7 Å². The molecule has 1 aromatic heterocycles. The molecule has 1 N–H and O–H groups in total. The highest BCUT2D eigenvalue weighted by atomic mass is 35.5.